The van der Waals surface area contributed by atoms with Gasteiger partial charge >= 0.3 is 5.97 Å². The second-order valence-corrected chi connectivity index (χ2v) is 10.5. The van der Waals surface area contributed by atoms with Crippen molar-refractivity contribution in [1.29, 1.82) is 0 Å². The summed E-state index contributed by atoms with van der Waals surface area (Å²) in [6.45, 7) is 3.06. The lowest BCUT2D eigenvalue weighted by Crippen LogP contribution is -2.56. The summed E-state index contributed by atoms with van der Waals surface area (Å²) in [5.41, 5.74) is 2.27. The largest absolute Gasteiger partial charge is 0.465 e. The molecule has 0 bridgehead atoms. The van der Waals surface area contributed by atoms with Crippen LogP contribution in [0.1, 0.15) is 66.9 Å². The molecule has 2 aromatic carbocycles. The van der Waals surface area contributed by atoms with Crippen LogP contribution in [0.25, 0.3) is 0 Å². The number of aryl methyl sites for hydroxylation is 1. The minimum Gasteiger partial charge on any atom is -0.465 e. The van der Waals surface area contributed by atoms with Crippen LogP contribution in [0.15, 0.2) is 54.6 Å². The molecule has 1 aliphatic carbocycles. The van der Waals surface area contributed by atoms with E-state index >= 15 is 0 Å². The van der Waals surface area contributed by atoms with Gasteiger partial charge in [-0.1, -0.05) is 80.1 Å². The second-order valence-electron chi connectivity index (χ2n) is 10.5. The summed E-state index contributed by atoms with van der Waals surface area (Å²) >= 11 is 0. The lowest BCUT2D eigenvalue weighted by Gasteiger charge is -2.28. The Morgan fingerprint density at radius 2 is 1.57 bits per heavy atom. The number of amides is 3. The maximum Gasteiger partial charge on any atom is 0.325 e. The summed E-state index contributed by atoms with van der Waals surface area (Å²) in [6.07, 6.45) is 5.55. The number of ketones is 1. The van der Waals surface area contributed by atoms with Crippen molar-refractivity contribution in [2.45, 2.75) is 71.1 Å². The molecule has 0 saturated heterocycles. The Balaban J connectivity index is 1.74. The zero-order valence-electron chi connectivity index (χ0n) is 24.4. The van der Waals surface area contributed by atoms with Crippen LogP contribution < -0.4 is 16.0 Å². The van der Waals surface area contributed by atoms with Crippen molar-refractivity contribution in [3.8, 4) is 0 Å². The average Bonchev–Trinajstić information content (AvgIpc) is 3.00. The summed E-state index contributed by atoms with van der Waals surface area (Å²) in [6, 6.07) is 14.0. The zero-order valence-corrected chi connectivity index (χ0v) is 24.4. The topological polar surface area (TPSA) is 140 Å². The minimum absolute atomic E-state index is 0.130. The standard InChI is InChI=1S/C32H41N3O7/c1-3-42-28(36)19-33-32(40)29(37)27(21-41-20-24-12-8-5-9-13-24)35-31(39)26(18-23-10-6-4-7-11-23)34-30(38)25-16-14-22(2)15-17-25/h5,8-9,12-17,23,26-27H,3-4,6-7,10-11,18-21H2,1-2H3,(H,33,40)(H,34,38)(H,35,39)/t26-,27?/m0/s1. The quantitative estimate of drug-likeness (QED) is 0.218. The number of Topliss-reactive ketones (excluding diaryl/α,β-unsaturated/α-hetero) is 1. The molecule has 3 amide bonds. The van der Waals surface area contributed by atoms with Crippen LogP contribution in [-0.4, -0.2) is 61.3 Å². The number of carbonyl (C=O) groups excluding carboxylic acids is 5. The number of ether oxygens (including phenoxy) is 2. The van der Waals surface area contributed by atoms with Crippen molar-refractivity contribution >= 4 is 29.5 Å². The summed E-state index contributed by atoms with van der Waals surface area (Å²) in [7, 11) is 0. The van der Waals surface area contributed by atoms with Crippen LogP contribution in [0.5, 0.6) is 0 Å². The first-order valence-electron chi connectivity index (χ1n) is 14.5. The highest BCUT2D eigenvalue weighted by molar-refractivity contribution is 6.38. The monoisotopic (exact) mass is 579 g/mol. The first-order valence-corrected chi connectivity index (χ1v) is 14.5. The third-order valence-electron chi connectivity index (χ3n) is 7.18. The zero-order chi connectivity index (χ0) is 30.3. The molecule has 1 fully saturated rings. The van der Waals surface area contributed by atoms with Crippen molar-refractivity contribution in [2.75, 3.05) is 19.8 Å². The Morgan fingerprint density at radius 1 is 0.881 bits per heavy atom. The van der Waals surface area contributed by atoms with E-state index in [1.165, 1.54) is 0 Å². The van der Waals surface area contributed by atoms with Crippen molar-refractivity contribution in [2.24, 2.45) is 5.92 Å². The molecule has 0 aromatic heterocycles. The Morgan fingerprint density at radius 3 is 2.24 bits per heavy atom. The van der Waals surface area contributed by atoms with E-state index in [2.05, 4.69) is 16.0 Å². The van der Waals surface area contributed by atoms with Crippen LogP contribution in [-0.2, 0) is 35.3 Å². The van der Waals surface area contributed by atoms with Crippen LogP contribution in [0.2, 0.25) is 0 Å². The average molecular weight is 580 g/mol. The molecule has 2 aromatic rings. The van der Waals surface area contributed by atoms with Crippen LogP contribution in [0.4, 0.5) is 0 Å². The van der Waals surface area contributed by atoms with Gasteiger partial charge in [-0.05, 0) is 43.9 Å². The highest BCUT2D eigenvalue weighted by Gasteiger charge is 2.32. The number of carbonyl (C=O) groups is 5. The van der Waals surface area contributed by atoms with Crippen molar-refractivity contribution in [3.63, 3.8) is 0 Å². The van der Waals surface area contributed by atoms with Gasteiger partial charge in [0.15, 0.2) is 0 Å². The molecule has 10 heteroatoms. The third kappa shape index (κ3) is 10.7. The van der Waals surface area contributed by atoms with Crippen molar-refractivity contribution in [1.82, 2.24) is 16.0 Å². The molecular formula is C32H41N3O7. The molecule has 1 unspecified atom stereocenters. The molecule has 42 heavy (non-hydrogen) atoms. The van der Waals surface area contributed by atoms with E-state index in [1.807, 2.05) is 49.4 Å². The SMILES string of the molecule is CCOC(=O)CNC(=O)C(=O)C(COCc1ccccc1)NC(=O)[C@H](CC1CCCCC1)NC(=O)c1ccc(C)cc1. The molecular weight excluding hydrogens is 538 g/mol. The third-order valence-corrected chi connectivity index (χ3v) is 7.18. The molecule has 0 spiro atoms. The van der Waals surface area contributed by atoms with E-state index in [0.29, 0.717) is 12.0 Å². The molecule has 10 nitrogen and oxygen atoms in total. The van der Waals surface area contributed by atoms with Gasteiger partial charge in [-0.25, -0.2) is 0 Å². The normalized spacial score (nSPS) is 14.7. The molecule has 1 saturated carbocycles. The van der Waals surface area contributed by atoms with E-state index in [9.17, 15) is 24.0 Å². The summed E-state index contributed by atoms with van der Waals surface area (Å²) < 4.78 is 10.5. The van der Waals surface area contributed by atoms with E-state index in [-0.39, 0.29) is 25.7 Å². The van der Waals surface area contributed by atoms with Crippen LogP contribution in [0.3, 0.4) is 0 Å². The summed E-state index contributed by atoms with van der Waals surface area (Å²) in [5.74, 6) is -3.46. The van der Waals surface area contributed by atoms with Gasteiger partial charge in [-0.3, -0.25) is 24.0 Å². The lowest BCUT2D eigenvalue weighted by molar-refractivity contribution is -0.146. The fourth-order valence-electron chi connectivity index (χ4n) is 4.87. The number of benzene rings is 2. The second kappa shape index (κ2) is 17.0. The van der Waals surface area contributed by atoms with E-state index < -0.39 is 48.1 Å². The Kier molecular flexibility index (Phi) is 13.2. The number of hydrogen-bond donors (Lipinski definition) is 3. The summed E-state index contributed by atoms with van der Waals surface area (Å²) in [4.78, 5) is 64.2. The van der Waals surface area contributed by atoms with Crippen molar-refractivity contribution < 1.29 is 33.4 Å². The Labute approximate surface area is 246 Å². The van der Waals surface area contributed by atoms with Gasteiger partial charge in [0.25, 0.3) is 11.8 Å². The molecule has 2 atom stereocenters. The van der Waals surface area contributed by atoms with Crippen LogP contribution in [0, 0.1) is 12.8 Å². The number of rotatable bonds is 15. The smallest absolute Gasteiger partial charge is 0.325 e. The first kappa shape index (κ1) is 32.5. The van der Waals surface area contributed by atoms with E-state index in [1.54, 1.807) is 19.1 Å². The maximum atomic E-state index is 13.6. The number of esters is 1. The first-order chi connectivity index (χ1) is 20.3. The fraction of sp³-hybridized carbons (Fsp3) is 0.469. The molecule has 1 aliphatic rings. The predicted molar refractivity (Wildman–Crippen MR) is 156 cm³/mol. The molecule has 226 valence electrons. The fourth-order valence-corrected chi connectivity index (χ4v) is 4.87. The molecule has 0 heterocycles. The van der Waals surface area contributed by atoms with E-state index in [0.717, 1.165) is 43.2 Å². The van der Waals surface area contributed by atoms with E-state index in [4.69, 9.17) is 9.47 Å². The lowest BCUT2D eigenvalue weighted by atomic mass is 9.84. The predicted octanol–water partition coefficient (Wildman–Crippen LogP) is 3.01. The molecule has 3 N–H and O–H groups in total. The van der Waals surface area contributed by atoms with Gasteiger partial charge in [-0.2, -0.15) is 0 Å². The number of nitrogens with one attached hydrogen (secondary N) is 3. The molecule has 3 rings (SSSR count). The number of hydrogen-bond acceptors (Lipinski definition) is 7. The van der Waals surface area contributed by atoms with Gasteiger partial charge in [0.05, 0.1) is 19.8 Å². The molecule has 0 radical (unpaired) electrons. The Bertz CT molecular complexity index is 1190. The highest BCUT2D eigenvalue weighted by Crippen LogP contribution is 2.27. The van der Waals surface area contributed by atoms with Gasteiger partial charge in [-0.15, -0.1) is 0 Å². The Hall–Kier alpha value is -4.05. The summed E-state index contributed by atoms with van der Waals surface area (Å²) in [5, 5.41) is 7.73. The molecule has 0 aliphatic heterocycles. The van der Waals surface area contributed by atoms with Gasteiger partial charge in [0, 0.05) is 5.56 Å². The minimum atomic E-state index is -1.34. The highest BCUT2D eigenvalue weighted by atomic mass is 16.5. The van der Waals surface area contributed by atoms with Gasteiger partial charge < -0.3 is 25.4 Å². The van der Waals surface area contributed by atoms with Crippen LogP contribution >= 0.6 is 0 Å². The van der Waals surface area contributed by atoms with Crippen molar-refractivity contribution in [3.05, 3.63) is 71.3 Å². The van der Waals surface area contributed by atoms with Gasteiger partial charge in [0.1, 0.15) is 18.6 Å². The maximum absolute atomic E-state index is 13.6. The van der Waals surface area contributed by atoms with Gasteiger partial charge in [0.2, 0.25) is 11.7 Å².